The molecule has 1 aliphatic rings. The average Bonchev–Trinajstić information content (AvgIpc) is 3.12. The first-order valence-corrected chi connectivity index (χ1v) is 9.37. The fourth-order valence-electron chi connectivity index (χ4n) is 3.39. The molecule has 1 amide bonds. The predicted octanol–water partition coefficient (Wildman–Crippen LogP) is 5.82. The van der Waals surface area contributed by atoms with Gasteiger partial charge in [0.15, 0.2) is 0 Å². The van der Waals surface area contributed by atoms with E-state index >= 15 is 4.39 Å². The van der Waals surface area contributed by atoms with E-state index in [-0.39, 0.29) is 5.83 Å². The van der Waals surface area contributed by atoms with Gasteiger partial charge in [0.2, 0.25) is 0 Å². The second kappa shape index (κ2) is 7.95. The molecule has 0 aromatic heterocycles. The summed E-state index contributed by atoms with van der Waals surface area (Å²) < 4.78 is 21.3. The highest BCUT2D eigenvalue weighted by atomic mass is 19.1. The van der Waals surface area contributed by atoms with Gasteiger partial charge in [0, 0.05) is 12.1 Å². The molecule has 1 aliphatic heterocycles. The molecule has 1 unspecified atom stereocenters. The van der Waals surface area contributed by atoms with Crippen molar-refractivity contribution in [2.24, 2.45) is 0 Å². The van der Waals surface area contributed by atoms with E-state index < -0.39 is 17.7 Å². The summed E-state index contributed by atoms with van der Waals surface area (Å²) in [5, 5.41) is 0. The minimum Gasteiger partial charge on any atom is -0.444 e. The van der Waals surface area contributed by atoms with Gasteiger partial charge in [-0.25, -0.2) is 9.18 Å². The minimum absolute atomic E-state index is 0.282. The van der Waals surface area contributed by atoms with E-state index in [4.69, 9.17) is 4.74 Å². The largest absolute Gasteiger partial charge is 0.444 e. The number of rotatable bonds is 3. The Kier molecular flexibility index (Phi) is 5.64. The van der Waals surface area contributed by atoms with Crippen LogP contribution in [0.5, 0.6) is 0 Å². The zero-order valence-corrected chi connectivity index (χ0v) is 16.1. The summed E-state index contributed by atoms with van der Waals surface area (Å²) in [4.78, 5) is 14.1. The van der Waals surface area contributed by atoms with Crippen molar-refractivity contribution in [3.05, 3.63) is 77.6 Å². The summed E-state index contributed by atoms with van der Waals surface area (Å²) >= 11 is 0. The van der Waals surface area contributed by atoms with Gasteiger partial charge in [-0.15, -0.1) is 0 Å². The summed E-state index contributed by atoms with van der Waals surface area (Å²) in [5.74, 6) is -0.282. The molecule has 0 N–H and O–H groups in total. The number of nitrogens with zero attached hydrogens (tertiary/aromatic N) is 1. The van der Waals surface area contributed by atoms with Crippen LogP contribution in [0.15, 0.2) is 66.5 Å². The van der Waals surface area contributed by atoms with Crippen LogP contribution < -0.4 is 0 Å². The van der Waals surface area contributed by atoms with Crippen molar-refractivity contribution in [3.63, 3.8) is 0 Å². The van der Waals surface area contributed by atoms with Gasteiger partial charge in [0.25, 0.3) is 0 Å². The van der Waals surface area contributed by atoms with Crippen molar-refractivity contribution in [1.29, 1.82) is 0 Å². The summed E-state index contributed by atoms with van der Waals surface area (Å²) in [7, 11) is 0. The Balaban J connectivity index is 2.02. The lowest BCUT2D eigenvalue weighted by molar-refractivity contribution is 0.0236. The minimum atomic E-state index is -0.605. The van der Waals surface area contributed by atoms with E-state index in [9.17, 15) is 4.79 Å². The lowest BCUT2D eigenvalue weighted by Crippen LogP contribution is -2.40. The first kappa shape index (κ1) is 19.2. The third-order valence-electron chi connectivity index (χ3n) is 4.54. The van der Waals surface area contributed by atoms with Crippen LogP contribution in [0.1, 0.15) is 44.7 Å². The van der Waals surface area contributed by atoms with Crippen LogP contribution >= 0.6 is 0 Å². The molecule has 0 saturated carbocycles. The summed E-state index contributed by atoms with van der Waals surface area (Å²) in [5.41, 5.74) is 1.54. The van der Waals surface area contributed by atoms with Crippen LogP contribution in [-0.4, -0.2) is 29.2 Å². The third kappa shape index (κ3) is 4.57. The fraction of sp³-hybridized carbons (Fsp3) is 0.348. The van der Waals surface area contributed by atoms with E-state index in [1.807, 2.05) is 81.4 Å². The Labute approximate surface area is 160 Å². The SMILES string of the molecule is CC(C)(C)OC(=O)N1CCCC1C(F)=C(c1ccccc1)c1ccccc1. The van der Waals surface area contributed by atoms with Crippen LogP contribution in [0.4, 0.5) is 9.18 Å². The molecule has 0 radical (unpaired) electrons. The van der Waals surface area contributed by atoms with E-state index in [0.717, 1.165) is 17.5 Å². The Bertz CT molecular complexity index is 768. The van der Waals surface area contributed by atoms with Gasteiger partial charge in [-0.3, -0.25) is 4.90 Å². The molecule has 3 rings (SSSR count). The van der Waals surface area contributed by atoms with Gasteiger partial charge in [-0.05, 0) is 44.7 Å². The van der Waals surface area contributed by atoms with Gasteiger partial charge in [0.05, 0.1) is 6.04 Å². The van der Waals surface area contributed by atoms with Crippen molar-refractivity contribution in [2.75, 3.05) is 6.54 Å². The molecule has 1 heterocycles. The van der Waals surface area contributed by atoms with Crippen molar-refractivity contribution >= 4 is 11.7 Å². The molecular formula is C23H26FNO2. The fourth-order valence-corrected chi connectivity index (χ4v) is 3.39. The first-order valence-electron chi connectivity index (χ1n) is 9.37. The lowest BCUT2D eigenvalue weighted by Gasteiger charge is -2.28. The molecule has 1 saturated heterocycles. The molecule has 0 bridgehead atoms. The molecule has 27 heavy (non-hydrogen) atoms. The maximum atomic E-state index is 15.8. The highest BCUT2D eigenvalue weighted by Gasteiger charge is 2.36. The van der Waals surface area contributed by atoms with E-state index in [0.29, 0.717) is 18.5 Å². The van der Waals surface area contributed by atoms with Crippen LogP contribution in [-0.2, 0) is 4.74 Å². The van der Waals surface area contributed by atoms with E-state index in [2.05, 4.69) is 0 Å². The number of carbonyl (C=O) groups is 1. The monoisotopic (exact) mass is 367 g/mol. The van der Waals surface area contributed by atoms with Gasteiger partial charge >= 0.3 is 6.09 Å². The normalized spacial score (nSPS) is 16.9. The number of hydrogen-bond donors (Lipinski definition) is 0. The van der Waals surface area contributed by atoms with Crippen molar-refractivity contribution in [1.82, 2.24) is 4.90 Å². The molecule has 1 fully saturated rings. The van der Waals surface area contributed by atoms with Crippen LogP contribution in [0.25, 0.3) is 5.57 Å². The lowest BCUT2D eigenvalue weighted by atomic mass is 9.94. The number of amides is 1. The maximum Gasteiger partial charge on any atom is 0.410 e. The Morgan fingerprint density at radius 1 is 1.00 bits per heavy atom. The van der Waals surface area contributed by atoms with Crippen LogP contribution in [0.2, 0.25) is 0 Å². The van der Waals surface area contributed by atoms with Crippen molar-refractivity contribution in [3.8, 4) is 0 Å². The topological polar surface area (TPSA) is 29.5 Å². The van der Waals surface area contributed by atoms with E-state index in [1.165, 1.54) is 4.90 Å². The number of ether oxygens (including phenoxy) is 1. The average molecular weight is 367 g/mol. The zero-order chi connectivity index (χ0) is 19.4. The van der Waals surface area contributed by atoms with E-state index in [1.54, 1.807) is 0 Å². The second-order valence-electron chi connectivity index (χ2n) is 7.79. The molecule has 2 aromatic rings. The number of hydrogen-bond acceptors (Lipinski definition) is 2. The first-order chi connectivity index (χ1) is 12.9. The predicted molar refractivity (Wildman–Crippen MR) is 106 cm³/mol. The van der Waals surface area contributed by atoms with Gasteiger partial charge in [-0.2, -0.15) is 0 Å². The molecule has 4 heteroatoms. The summed E-state index contributed by atoms with van der Waals surface area (Å²) in [6, 6.07) is 18.4. The van der Waals surface area contributed by atoms with Gasteiger partial charge < -0.3 is 4.74 Å². The number of halogens is 1. The number of benzene rings is 2. The summed E-state index contributed by atoms with van der Waals surface area (Å²) in [6.07, 6.45) is 0.892. The smallest absolute Gasteiger partial charge is 0.410 e. The Morgan fingerprint density at radius 2 is 1.52 bits per heavy atom. The van der Waals surface area contributed by atoms with Gasteiger partial charge in [0.1, 0.15) is 11.4 Å². The zero-order valence-electron chi connectivity index (χ0n) is 16.1. The molecule has 2 aromatic carbocycles. The van der Waals surface area contributed by atoms with Crippen LogP contribution in [0, 0.1) is 0 Å². The standard InChI is InChI=1S/C23H26FNO2/c1-23(2,3)27-22(26)25-16-10-15-19(25)21(24)20(17-11-6-4-7-12-17)18-13-8-5-9-14-18/h4-9,11-14,19H,10,15-16H2,1-3H3. The van der Waals surface area contributed by atoms with Crippen molar-refractivity contribution < 1.29 is 13.9 Å². The maximum absolute atomic E-state index is 15.8. The second-order valence-corrected chi connectivity index (χ2v) is 7.79. The Hall–Kier alpha value is -2.62. The Morgan fingerprint density at radius 3 is 2.00 bits per heavy atom. The summed E-state index contributed by atoms with van der Waals surface area (Å²) in [6.45, 7) is 5.97. The molecule has 3 nitrogen and oxygen atoms in total. The molecular weight excluding hydrogens is 341 g/mol. The molecule has 142 valence electrons. The quantitative estimate of drug-likeness (QED) is 0.684. The highest BCUT2D eigenvalue weighted by molar-refractivity contribution is 5.82. The number of likely N-dealkylation sites (tertiary alicyclic amines) is 1. The highest BCUT2D eigenvalue weighted by Crippen LogP contribution is 2.35. The van der Waals surface area contributed by atoms with Crippen LogP contribution in [0.3, 0.4) is 0 Å². The number of carbonyl (C=O) groups excluding carboxylic acids is 1. The molecule has 0 aliphatic carbocycles. The van der Waals surface area contributed by atoms with Crippen molar-refractivity contribution in [2.45, 2.75) is 45.3 Å². The molecule has 1 atom stereocenters. The molecule has 0 spiro atoms. The third-order valence-corrected chi connectivity index (χ3v) is 4.54. The van der Waals surface area contributed by atoms with Gasteiger partial charge in [-0.1, -0.05) is 60.7 Å².